The highest BCUT2D eigenvalue weighted by Gasteiger charge is 2.19. The summed E-state index contributed by atoms with van der Waals surface area (Å²) in [4.78, 5) is 15.0. The van der Waals surface area contributed by atoms with Crippen molar-refractivity contribution in [2.24, 2.45) is 15.0 Å². The molecule has 53 heavy (non-hydrogen) atoms. The van der Waals surface area contributed by atoms with E-state index >= 15 is 0 Å². The average Bonchev–Trinajstić information content (AvgIpc) is 3.78. The molecule has 0 aliphatic heterocycles. The van der Waals surface area contributed by atoms with Crippen LogP contribution in [0.5, 0.6) is 0 Å². The summed E-state index contributed by atoms with van der Waals surface area (Å²) in [5.41, 5.74) is 8.04. The van der Waals surface area contributed by atoms with E-state index in [4.69, 9.17) is 18.8 Å². The lowest BCUT2D eigenvalue weighted by molar-refractivity contribution is 0.669. The number of amidine groups is 2. The van der Waals surface area contributed by atoms with Gasteiger partial charge in [-0.15, -0.1) is 0 Å². The predicted octanol–water partition coefficient (Wildman–Crippen LogP) is 12.6. The van der Waals surface area contributed by atoms with Gasteiger partial charge in [0.25, 0.3) is 0 Å². The van der Waals surface area contributed by atoms with Crippen molar-refractivity contribution in [3.05, 3.63) is 180 Å². The highest BCUT2D eigenvalue weighted by atomic mass is 16.3. The Morgan fingerprint density at radius 2 is 1.11 bits per heavy atom. The minimum Gasteiger partial charge on any atom is -0.456 e. The van der Waals surface area contributed by atoms with Gasteiger partial charge in [-0.1, -0.05) is 115 Å². The van der Waals surface area contributed by atoms with E-state index in [1.807, 2.05) is 48.5 Å². The van der Waals surface area contributed by atoms with Crippen LogP contribution in [0.25, 0.3) is 76.5 Å². The molecule has 0 amide bonds. The van der Waals surface area contributed by atoms with Gasteiger partial charge in [0.15, 0.2) is 11.7 Å². The molecule has 5 heteroatoms. The van der Waals surface area contributed by atoms with E-state index in [1.54, 1.807) is 0 Å². The molecule has 10 rings (SSSR count). The summed E-state index contributed by atoms with van der Waals surface area (Å²) in [7, 11) is 0. The Morgan fingerprint density at radius 1 is 0.472 bits per heavy atom. The molecule has 0 aliphatic carbocycles. The Kier molecular flexibility index (Phi) is 7.29. The third kappa shape index (κ3) is 5.47. The molecule has 5 nitrogen and oxygen atoms in total. The van der Waals surface area contributed by atoms with Gasteiger partial charge in [0.1, 0.15) is 22.3 Å². The van der Waals surface area contributed by atoms with Crippen LogP contribution in [0.4, 0.5) is 0 Å². The Morgan fingerprint density at radius 3 is 1.91 bits per heavy atom. The van der Waals surface area contributed by atoms with Crippen LogP contribution in [0.2, 0.25) is 0 Å². The van der Waals surface area contributed by atoms with Gasteiger partial charge in [-0.25, -0.2) is 9.98 Å². The molecule has 2 aromatic heterocycles. The van der Waals surface area contributed by atoms with Crippen molar-refractivity contribution in [3.63, 3.8) is 0 Å². The minimum absolute atomic E-state index is 0.448. The summed E-state index contributed by atoms with van der Waals surface area (Å²) in [5, 5.41) is 8.68. The third-order valence-corrected chi connectivity index (χ3v) is 10.0. The summed E-state index contributed by atoms with van der Waals surface area (Å²) in [6.45, 7) is 4.50. The van der Waals surface area contributed by atoms with Gasteiger partial charge in [-0.3, -0.25) is 4.99 Å². The number of fused-ring (bicyclic) bond motifs is 8. The molecule has 0 radical (unpaired) electrons. The normalized spacial score (nSPS) is 12.5. The summed E-state index contributed by atoms with van der Waals surface area (Å²) in [6, 6.07) is 56.2. The topological polar surface area (TPSA) is 63.4 Å². The van der Waals surface area contributed by atoms with Gasteiger partial charge >= 0.3 is 0 Å². The molecule has 0 aliphatic rings. The van der Waals surface area contributed by atoms with Crippen LogP contribution in [0.1, 0.15) is 16.7 Å². The van der Waals surface area contributed by atoms with Crippen molar-refractivity contribution in [2.45, 2.75) is 6.54 Å². The zero-order valence-electron chi connectivity index (χ0n) is 28.7. The number of para-hydroxylation sites is 2. The van der Waals surface area contributed by atoms with Gasteiger partial charge in [0, 0.05) is 32.7 Å². The van der Waals surface area contributed by atoms with Crippen LogP contribution in [0.3, 0.4) is 0 Å². The second-order valence-corrected chi connectivity index (χ2v) is 13.3. The minimum atomic E-state index is 0.448. The van der Waals surface area contributed by atoms with Crippen molar-refractivity contribution < 1.29 is 8.83 Å². The zero-order chi connectivity index (χ0) is 35.3. The van der Waals surface area contributed by atoms with E-state index in [-0.39, 0.29) is 0 Å². The average molecular weight is 682 g/mol. The van der Waals surface area contributed by atoms with E-state index in [0.29, 0.717) is 18.2 Å². The lowest BCUT2D eigenvalue weighted by atomic mass is 9.97. The first kappa shape index (κ1) is 30.7. The number of furan rings is 2. The molecule has 10 aromatic rings. The van der Waals surface area contributed by atoms with Crippen LogP contribution in [-0.4, -0.2) is 18.4 Å². The molecule has 250 valence electrons. The van der Waals surface area contributed by atoms with Crippen LogP contribution in [0.15, 0.2) is 188 Å². The van der Waals surface area contributed by atoms with Crippen molar-refractivity contribution >= 4 is 83.8 Å². The maximum Gasteiger partial charge on any atom is 0.161 e. The number of hydrogen-bond acceptors (Lipinski definition) is 3. The van der Waals surface area contributed by atoms with Gasteiger partial charge in [0.2, 0.25) is 0 Å². The van der Waals surface area contributed by atoms with Crippen LogP contribution < -0.4 is 0 Å². The second kappa shape index (κ2) is 12.6. The summed E-state index contributed by atoms with van der Waals surface area (Å²) < 4.78 is 12.7. The van der Waals surface area contributed by atoms with Crippen molar-refractivity contribution in [1.29, 1.82) is 0 Å². The fraction of sp³-hybridized carbons (Fsp3) is 0.0208. The number of nitrogens with zero attached hydrogens (tertiary/aromatic N) is 3. The molecule has 0 saturated heterocycles. The number of rotatable bonds is 5. The third-order valence-electron chi connectivity index (χ3n) is 10.0. The van der Waals surface area contributed by atoms with Crippen LogP contribution in [0, 0.1) is 0 Å². The maximum atomic E-state index is 6.51. The molecule has 0 bridgehead atoms. The molecule has 0 spiro atoms. The lowest BCUT2D eigenvalue weighted by Crippen LogP contribution is -2.06. The van der Waals surface area contributed by atoms with E-state index in [9.17, 15) is 0 Å². The Labute approximate surface area is 304 Å². The number of benzene rings is 8. The van der Waals surface area contributed by atoms with Gasteiger partial charge in [-0.2, -0.15) is 0 Å². The largest absolute Gasteiger partial charge is 0.456 e. The van der Waals surface area contributed by atoms with Crippen molar-refractivity contribution in [1.82, 2.24) is 0 Å². The number of hydrogen-bond donors (Lipinski definition) is 0. The van der Waals surface area contributed by atoms with Gasteiger partial charge in [-0.05, 0) is 93.5 Å². The fourth-order valence-corrected chi connectivity index (χ4v) is 7.41. The molecule has 0 unspecified atom stereocenters. The molecule has 0 fully saturated rings. The van der Waals surface area contributed by atoms with Crippen LogP contribution >= 0.6 is 0 Å². The monoisotopic (exact) mass is 681 g/mol. The quantitative estimate of drug-likeness (QED) is 0.134. The Hall–Kier alpha value is -7.11. The molecule has 8 aromatic carbocycles. The van der Waals surface area contributed by atoms with E-state index in [2.05, 4.69) is 127 Å². The molecule has 2 heterocycles. The highest BCUT2D eigenvalue weighted by molar-refractivity contribution is 6.23. The first-order valence-electron chi connectivity index (χ1n) is 17.6. The van der Waals surface area contributed by atoms with Gasteiger partial charge < -0.3 is 8.83 Å². The Balaban J connectivity index is 1.17. The molecular weight excluding hydrogens is 651 g/mol. The SMILES string of the molecule is C=N/C(=N\C(=N/Cc1ccc2ccccc2c1)c1ccc2ccccc2c1)c1cc(-c2ccc3oc4ccccc4c3c2)cc2oc3ccccc3c12. The lowest BCUT2D eigenvalue weighted by Gasteiger charge is -2.10. The summed E-state index contributed by atoms with van der Waals surface area (Å²) in [5.74, 6) is 1.03. The van der Waals surface area contributed by atoms with Crippen molar-refractivity contribution in [3.8, 4) is 11.1 Å². The highest BCUT2D eigenvalue weighted by Crippen LogP contribution is 2.38. The van der Waals surface area contributed by atoms with Gasteiger partial charge in [0.05, 0.1) is 6.54 Å². The first-order valence-corrected chi connectivity index (χ1v) is 17.6. The molecule has 0 N–H and O–H groups in total. The maximum absolute atomic E-state index is 6.51. The first-order chi connectivity index (χ1) is 26.2. The summed E-state index contributed by atoms with van der Waals surface area (Å²) >= 11 is 0. The Bertz CT molecular complexity index is 3130. The van der Waals surface area contributed by atoms with Crippen LogP contribution in [-0.2, 0) is 6.54 Å². The standard InChI is InChI=1S/C48H31N3O2/c1-49-48(51-47(36-21-20-32-11-3-5-13-34(32)25-36)50-29-30-18-19-31-10-2-4-12-33(31)24-30)41-27-37(28-45-46(41)39-15-7-9-17-43(39)53-45)35-22-23-44-40(26-35)38-14-6-8-16-42(38)52-44/h2-28H,1,29H2/b50-47-,51-48-. The second-order valence-electron chi connectivity index (χ2n) is 13.3. The van der Waals surface area contributed by atoms with Crippen molar-refractivity contribution in [2.75, 3.05) is 0 Å². The zero-order valence-corrected chi connectivity index (χ0v) is 28.7. The predicted molar refractivity (Wildman–Crippen MR) is 221 cm³/mol. The fourth-order valence-electron chi connectivity index (χ4n) is 7.41. The molecule has 0 atom stereocenters. The van der Waals surface area contributed by atoms with E-state index < -0.39 is 0 Å². The molecule has 0 saturated carbocycles. The van der Waals surface area contributed by atoms with E-state index in [0.717, 1.165) is 82.5 Å². The smallest absolute Gasteiger partial charge is 0.161 e. The molecular formula is C48H31N3O2. The number of aliphatic imine (C=N–C) groups is 3. The summed E-state index contributed by atoms with van der Waals surface area (Å²) in [6.07, 6.45) is 0. The van der Waals surface area contributed by atoms with E-state index in [1.165, 1.54) is 10.8 Å².